The van der Waals surface area contributed by atoms with Gasteiger partial charge in [-0.2, -0.15) is 4.98 Å². The van der Waals surface area contributed by atoms with Gasteiger partial charge in [0.25, 0.3) is 0 Å². The fourth-order valence-electron chi connectivity index (χ4n) is 5.35. The minimum absolute atomic E-state index is 0.216. The zero-order valence-corrected chi connectivity index (χ0v) is 23.5. The summed E-state index contributed by atoms with van der Waals surface area (Å²) in [5, 5.41) is 29.1. The van der Waals surface area contributed by atoms with Crippen LogP contribution in [-0.2, 0) is 11.3 Å². The quantitative estimate of drug-likeness (QED) is 0.255. The Hall–Kier alpha value is -3.67. The smallest absolute Gasteiger partial charge is 0.227 e. The lowest BCUT2D eigenvalue weighted by atomic mass is 10.0. The predicted octanol–water partition coefficient (Wildman–Crippen LogP) is 3.56. The molecule has 2 fully saturated rings. The van der Waals surface area contributed by atoms with Crippen molar-refractivity contribution in [2.24, 2.45) is 5.92 Å². The molecule has 6 rings (SSSR count). The monoisotopic (exact) mass is 559 g/mol. The standard InChI is InChI=1S/C29H33N7O3S/c1-15-21(27-34-23-20(40-27)11-12-30-22(23)17-9-10-17)26(35-29(32-15)31-14-16-7-5-4-6-8-16)33-19-13-18(24(37)25(19)38)28(39)36(2)3/h4-8,11-12,17-19,24-25,37-38H,9-10,13-14H2,1-3H3,(H2,31,32,33,35). The number of aromatic nitrogens is 4. The molecule has 2 aliphatic rings. The number of nitrogens with one attached hydrogen (secondary N) is 2. The second-order valence-corrected chi connectivity index (χ2v) is 11.9. The average molecular weight is 560 g/mol. The number of aryl methyl sites for hydroxylation is 1. The molecule has 1 aromatic carbocycles. The largest absolute Gasteiger partial charge is 0.390 e. The summed E-state index contributed by atoms with van der Waals surface area (Å²) in [5.41, 5.74) is 4.50. The Bertz CT molecular complexity index is 1540. The molecule has 0 bridgehead atoms. The van der Waals surface area contributed by atoms with Crippen LogP contribution < -0.4 is 10.6 Å². The van der Waals surface area contributed by atoms with Gasteiger partial charge in [0.2, 0.25) is 11.9 Å². The number of rotatable bonds is 8. The van der Waals surface area contributed by atoms with E-state index in [4.69, 9.17) is 15.0 Å². The highest BCUT2D eigenvalue weighted by atomic mass is 32.1. The summed E-state index contributed by atoms with van der Waals surface area (Å²) in [6, 6.07) is 11.4. The molecular weight excluding hydrogens is 526 g/mol. The molecule has 1 amide bonds. The number of aliphatic hydroxyl groups is 2. The van der Waals surface area contributed by atoms with Gasteiger partial charge in [0.05, 0.1) is 39.7 Å². The van der Waals surface area contributed by atoms with E-state index in [0.29, 0.717) is 24.2 Å². The number of nitrogens with zero attached hydrogens (tertiary/aromatic N) is 5. The summed E-state index contributed by atoms with van der Waals surface area (Å²) in [7, 11) is 3.30. The van der Waals surface area contributed by atoms with Crippen molar-refractivity contribution in [2.45, 2.75) is 56.9 Å². The molecule has 208 valence electrons. The summed E-state index contributed by atoms with van der Waals surface area (Å²) in [4.78, 5) is 33.3. The molecule has 10 nitrogen and oxygen atoms in total. The fourth-order valence-corrected chi connectivity index (χ4v) is 6.42. The fraction of sp³-hybridized carbons (Fsp3) is 0.414. The van der Waals surface area contributed by atoms with Crippen molar-refractivity contribution in [3.05, 3.63) is 59.5 Å². The van der Waals surface area contributed by atoms with Gasteiger partial charge < -0.3 is 25.7 Å². The summed E-state index contributed by atoms with van der Waals surface area (Å²) >= 11 is 1.56. The Labute approximate surface area is 236 Å². The van der Waals surface area contributed by atoms with E-state index in [9.17, 15) is 15.0 Å². The van der Waals surface area contributed by atoms with Crippen molar-refractivity contribution in [3.63, 3.8) is 0 Å². The Kier molecular flexibility index (Phi) is 7.11. The average Bonchev–Trinajstić information content (AvgIpc) is 3.64. The van der Waals surface area contributed by atoms with E-state index in [1.165, 1.54) is 4.90 Å². The number of thiazole rings is 1. The molecule has 2 saturated carbocycles. The maximum Gasteiger partial charge on any atom is 0.227 e. The minimum atomic E-state index is -1.18. The van der Waals surface area contributed by atoms with Crippen LogP contribution in [0.15, 0.2) is 42.6 Å². The van der Waals surface area contributed by atoms with Crippen molar-refractivity contribution >= 4 is 39.2 Å². The predicted molar refractivity (Wildman–Crippen MR) is 155 cm³/mol. The van der Waals surface area contributed by atoms with Gasteiger partial charge in [-0.1, -0.05) is 30.3 Å². The molecular formula is C29H33N7O3S. The van der Waals surface area contributed by atoms with Crippen molar-refractivity contribution in [3.8, 4) is 10.6 Å². The second kappa shape index (κ2) is 10.7. The van der Waals surface area contributed by atoms with Crippen LogP contribution in [0.4, 0.5) is 11.8 Å². The second-order valence-electron chi connectivity index (χ2n) is 10.8. The van der Waals surface area contributed by atoms with Gasteiger partial charge in [-0.25, -0.2) is 9.97 Å². The molecule has 3 heterocycles. The summed E-state index contributed by atoms with van der Waals surface area (Å²) in [6.45, 7) is 2.46. The molecule has 4 aromatic rings. The van der Waals surface area contributed by atoms with Crippen LogP contribution in [0.1, 0.15) is 42.1 Å². The van der Waals surface area contributed by atoms with Crippen LogP contribution in [0.3, 0.4) is 0 Å². The molecule has 0 aliphatic heterocycles. The van der Waals surface area contributed by atoms with E-state index >= 15 is 0 Å². The summed E-state index contributed by atoms with van der Waals surface area (Å²) in [5.74, 6) is 0.463. The first-order chi connectivity index (χ1) is 19.3. The molecule has 4 unspecified atom stereocenters. The number of benzene rings is 1. The highest BCUT2D eigenvalue weighted by Gasteiger charge is 2.46. The first kappa shape index (κ1) is 26.5. The third-order valence-electron chi connectivity index (χ3n) is 7.66. The van der Waals surface area contributed by atoms with Crippen LogP contribution in [0.2, 0.25) is 0 Å². The molecule has 11 heteroatoms. The van der Waals surface area contributed by atoms with Gasteiger partial charge in [0.1, 0.15) is 22.4 Å². The van der Waals surface area contributed by atoms with Crippen LogP contribution in [0.5, 0.6) is 0 Å². The van der Waals surface area contributed by atoms with E-state index in [2.05, 4.69) is 15.6 Å². The van der Waals surface area contributed by atoms with Crippen LogP contribution >= 0.6 is 11.3 Å². The van der Waals surface area contributed by atoms with E-state index < -0.39 is 24.2 Å². The summed E-state index contributed by atoms with van der Waals surface area (Å²) < 4.78 is 1.05. The number of fused-ring (bicyclic) bond motifs is 1. The third kappa shape index (κ3) is 5.12. The number of aliphatic hydroxyl groups excluding tert-OH is 2. The zero-order chi connectivity index (χ0) is 28.0. The van der Waals surface area contributed by atoms with E-state index in [1.54, 1.807) is 25.4 Å². The molecule has 2 aliphatic carbocycles. The number of amides is 1. The Morgan fingerprint density at radius 3 is 2.58 bits per heavy atom. The maximum atomic E-state index is 12.7. The first-order valence-corrected chi connectivity index (χ1v) is 14.4. The van der Waals surface area contributed by atoms with Gasteiger partial charge in [-0.3, -0.25) is 9.78 Å². The van der Waals surface area contributed by atoms with Crippen molar-refractivity contribution in [1.29, 1.82) is 0 Å². The van der Waals surface area contributed by atoms with Crippen LogP contribution in [0.25, 0.3) is 20.8 Å². The molecule has 3 aromatic heterocycles. The number of pyridine rings is 1. The Morgan fingerprint density at radius 1 is 1.07 bits per heavy atom. The molecule has 4 atom stereocenters. The third-order valence-corrected chi connectivity index (χ3v) is 8.70. The van der Waals surface area contributed by atoms with Crippen molar-refractivity contribution in [2.75, 3.05) is 24.7 Å². The van der Waals surface area contributed by atoms with Gasteiger partial charge in [0.15, 0.2) is 0 Å². The van der Waals surface area contributed by atoms with E-state index in [-0.39, 0.29) is 12.3 Å². The summed E-state index contributed by atoms with van der Waals surface area (Å²) in [6.07, 6.45) is 2.05. The number of carbonyl (C=O) groups excluding carboxylic acids is 1. The normalized spacial score (nSPS) is 22.4. The van der Waals surface area contributed by atoms with Gasteiger partial charge >= 0.3 is 0 Å². The number of carbonyl (C=O) groups is 1. The van der Waals surface area contributed by atoms with Crippen LogP contribution in [0, 0.1) is 12.8 Å². The highest BCUT2D eigenvalue weighted by molar-refractivity contribution is 7.21. The number of hydrogen-bond donors (Lipinski definition) is 4. The lowest BCUT2D eigenvalue weighted by molar-refractivity contribution is -0.136. The lowest BCUT2D eigenvalue weighted by Gasteiger charge is -2.21. The number of anilines is 2. The molecule has 4 N–H and O–H groups in total. The number of hydrogen-bond acceptors (Lipinski definition) is 10. The molecule has 0 radical (unpaired) electrons. The van der Waals surface area contributed by atoms with Gasteiger partial charge in [-0.05, 0) is 37.8 Å². The first-order valence-electron chi connectivity index (χ1n) is 13.6. The SMILES string of the molecule is Cc1nc(NCc2ccccc2)nc(NC2CC(C(=O)N(C)C)C(O)C2O)c1-c1nc2c(C3CC3)nccc2s1. The Morgan fingerprint density at radius 2 is 1.85 bits per heavy atom. The minimum Gasteiger partial charge on any atom is -0.390 e. The Balaban J connectivity index is 1.37. The van der Waals surface area contributed by atoms with Crippen molar-refractivity contribution in [1.82, 2.24) is 24.8 Å². The topological polar surface area (TPSA) is 136 Å². The van der Waals surface area contributed by atoms with Crippen LogP contribution in [-0.4, -0.2) is 73.3 Å². The lowest BCUT2D eigenvalue weighted by Crippen LogP contribution is -2.38. The highest BCUT2D eigenvalue weighted by Crippen LogP contribution is 2.44. The zero-order valence-electron chi connectivity index (χ0n) is 22.7. The van der Waals surface area contributed by atoms with Gasteiger partial charge in [-0.15, -0.1) is 11.3 Å². The van der Waals surface area contributed by atoms with E-state index in [0.717, 1.165) is 50.6 Å². The molecule has 40 heavy (non-hydrogen) atoms. The van der Waals surface area contributed by atoms with Gasteiger partial charge in [0, 0.05) is 32.8 Å². The molecule has 0 spiro atoms. The van der Waals surface area contributed by atoms with E-state index in [1.807, 2.05) is 49.5 Å². The maximum absolute atomic E-state index is 12.7. The van der Waals surface area contributed by atoms with Crippen molar-refractivity contribution < 1.29 is 15.0 Å². The molecule has 0 saturated heterocycles.